The fourth-order valence-corrected chi connectivity index (χ4v) is 4.02. The molecule has 0 saturated heterocycles. The van der Waals surface area contributed by atoms with Gasteiger partial charge in [-0.2, -0.15) is 5.10 Å². The molecular formula is C30H25N3O5. The van der Waals surface area contributed by atoms with Crippen LogP contribution in [0.3, 0.4) is 0 Å². The van der Waals surface area contributed by atoms with Crippen molar-refractivity contribution in [3.63, 3.8) is 0 Å². The predicted octanol–water partition coefficient (Wildman–Crippen LogP) is 4.89. The number of nitrogens with one attached hydrogen (secondary N) is 2. The lowest BCUT2D eigenvalue weighted by Crippen LogP contribution is -2.32. The Bertz CT molecular complexity index is 1550. The maximum absolute atomic E-state index is 13.2. The lowest BCUT2D eigenvalue weighted by atomic mass is 10.0. The maximum atomic E-state index is 13.2. The molecule has 0 aliphatic carbocycles. The zero-order chi connectivity index (χ0) is 26.3. The molecule has 1 aliphatic rings. The summed E-state index contributed by atoms with van der Waals surface area (Å²) in [6.07, 6.45) is 3.10. The Hall–Kier alpha value is -5.11. The van der Waals surface area contributed by atoms with Gasteiger partial charge in [0.15, 0.2) is 11.5 Å². The number of rotatable bonds is 8. The van der Waals surface area contributed by atoms with Crippen molar-refractivity contribution in [1.82, 2.24) is 10.7 Å². The summed E-state index contributed by atoms with van der Waals surface area (Å²) in [6, 6.07) is 25.6. The molecule has 5 rings (SSSR count). The average Bonchev–Trinajstić information content (AvgIpc) is 3.42. The number of nitrogens with zero attached hydrogens (tertiary/aromatic N) is 1. The zero-order valence-corrected chi connectivity index (χ0v) is 20.6. The van der Waals surface area contributed by atoms with Crippen LogP contribution in [0.4, 0.5) is 0 Å². The second-order valence-electron chi connectivity index (χ2n) is 8.32. The summed E-state index contributed by atoms with van der Waals surface area (Å²) >= 11 is 0. The highest BCUT2D eigenvalue weighted by atomic mass is 16.7. The second-order valence-corrected chi connectivity index (χ2v) is 8.32. The summed E-state index contributed by atoms with van der Waals surface area (Å²) < 4.78 is 16.6. The van der Waals surface area contributed by atoms with Crippen LogP contribution in [0.2, 0.25) is 0 Å². The van der Waals surface area contributed by atoms with Gasteiger partial charge in [-0.25, -0.2) is 5.43 Å². The van der Waals surface area contributed by atoms with Gasteiger partial charge in [-0.15, -0.1) is 0 Å². The van der Waals surface area contributed by atoms with E-state index in [1.807, 2.05) is 49.4 Å². The number of hydrogen-bond donors (Lipinski definition) is 2. The number of benzene rings is 4. The summed E-state index contributed by atoms with van der Waals surface area (Å²) in [5, 5.41) is 8.84. The number of carbonyl (C=O) groups is 2. The first-order valence-electron chi connectivity index (χ1n) is 12.1. The van der Waals surface area contributed by atoms with E-state index in [0.29, 0.717) is 35.0 Å². The van der Waals surface area contributed by atoms with E-state index in [4.69, 9.17) is 14.2 Å². The van der Waals surface area contributed by atoms with Gasteiger partial charge < -0.3 is 19.5 Å². The average molecular weight is 508 g/mol. The molecule has 1 aliphatic heterocycles. The fourth-order valence-electron chi connectivity index (χ4n) is 4.02. The molecular weight excluding hydrogens is 482 g/mol. The van der Waals surface area contributed by atoms with Crippen molar-refractivity contribution in [2.24, 2.45) is 5.10 Å². The molecule has 0 bridgehead atoms. The molecule has 2 amide bonds. The van der Waals surface area contributed by atoms with Gasteiger partial charge in [-0.1, -0.05) is 54.6 Å². The summed E-state index contributed by atoms with van der Waals surface area (Å²) in [7, 11) is 0. The van der Waals surface area contributed by atoms with Crippen molar-refractivity contribution in [1.29, 1.82) is 0 Å². The van der Waals surface area contributed by atoms with Gasteiger partial charge in [0.05, 0.1) is 12.8 Å². The van der Waals surface area contributed by atoms with Crippen LogP contribution in [0, 0.1) is 0 Å². The number of hydrazone groups is 1. The van der Waals surface area contributed by atoms with Crippen molar-refractivity contribution in [3.05, 3.63) is 107 Å². The molecule has 0 spiro atoms. The van der Waals surface area contributed by atoms with Gasteiger partial charge >= 0.3 is 0 Å². The Kier molecular flexibility index (Phi) is 7.31. The van der Waals surface area contributed by atoms with Gasteiger partial charge in [0.25, 0.3) is 11.8 Å². The minimum Gasteiger partial charge on any atom is -0.493 e. The number of carbonyl (C=O) groups excluding carboxylic acids is 2. The van der Waals surface area contributed by atoms with Crippen molar-refractivity contribution in [2.75, 3.05) is 13.4 Å². The lowest BCUT2D eigenvalue weighted by molar-refractivity contribution is -0.117. The fraction of sp³-hybridized carbons (Fsp3) is 0.100. The largest absolute Gasteiger partial charge is 0.493 e. The topological polar surface area (TPSA) is 98.2 Å². The first kappa shape index (κ1) is 24.6. The highest BCUT2D eigenvalue weighted by Crippen LogP contribution is 2.33. The standard InChI is InChI=1S/C30H25N3O5/c1-2-36-26-15-13-21-8-6-7-11-23(21)24(26)18-31-33-30(35)25(32-29(34)22-9-4-3-5-10-22)16-20-12-14-27-28(17-20)38-19-37-27/h3-18H,2,19H2,1H3,(H,32,34)(H,33,35). The molecule has 0 radical (unpaired) electrons. The van der Waals surface area contributed by atoms with Gasteiger partial charge in [0, 0.05) is 11.1 Å². The summed E-state index contributed by atoms with van der Waals surface area (Å²) in [5.41, 5.74) is 4.34. The Morgan fingerprint density at radius 1 is 0.947 bits per heavy atom. The highest BCUT2D eigenvalue weighted by molar-refractivity contribution is 6.06. The van der Waals surface area contributed by atoms with E-state index in [-0.39, 0.29) is 12.5 Å². The summed E-state index contributed by atoms with van der Waals surface area (Å²) in [6.45, 7) is 2.52. The Labute approximate surface area is 219 Å². The van der Waals surface area contributed by atoms with E-state index >= 15 is 0 Å². The molecule has 4 aromatic carbocycles. The third-order valence-corrected chi connectivity index (χ3v) is 5.83. The third kappa shape index (κ3) is 5.49. The van der Waals surface area contributed by atoms with Crippen LogP contribution in [0.15, 0.2) is 95.7 Å². The maximum Gasteiger partial charge on any atom is 0.287 e. The quantitative estimate of drug-likeness (QED) is 0.201. The second kappa shape index (κ2) is 11.3. The molecule has 0 unspecified atom stereocenters. The predicted molar refractivity (Wildman–Crippen MR) is 145 cm³/mol. The third-order valence-electron chi connectivity index (χ3n) is 5.83. The molecule has 0 saturated carbocycles. The molecule has 2 N–H and O–H groups in total. The number of hydrogen-bond acceptors (Lipinski definition) is 6. The molecule has 8 nitrogen and oxygen atoms in total. The number of amides is 2. The van der Waals surface area contributed by atoms with E-state index in [1.54, 1.807) is 54.8 Å². The number of ether oxygens (including phenoxy) is 3. The molecule has 38 heavy (non-hydrogen) atoms. The van der Waals surface area contributed by atoms with E-state index in [0.717, 1.165) is 16.3 Å². The molecule has 8 heteroatoms. The van der Waals surface area contributed by atoms with Crippen molar-refractivity contribution in [3.8, 4) is 17.2 Å². The molecule has 4 aromatic rings. The SMILES string of the molecule is CCOc1ccc2ccccc2c1C=NNC(=O)C(=Cc1ccc2c(c1)OCO2)NC(=O)c1ccccc1. The summed E-state index contributed by atoms with van der Waals surface area (Å²) in [4.78, 5) is 26.1. The van der Waals surface area contributed by atoms with Gasteiger partial charge in [0.1, 0.15) is 11.4 Å². The zero-order valence-electron chi connectivity index (χ0n) is 20.6. The minimum absolute atomic E-state index is 0.0119. The lowest BCUT2D eigenvalue weighted by Gasteiger charge is -2.11. The molecule has 0 atom stereocenters. The van der Waals surface area contributed by atoms with Crippen molar-refractivity contribution >= 4 is 34.9 Å². The first-order valence-corrected chi connectivity index (χ1v) is 12.1. The Balaban J connectivity index is 1.42. The van der Waals surface area contributed by atoms with Gasteiger partial charge in [0.2, 0.25) is 6.79 Å². The van der Waals surface area contributed by atoms with Crippen LogP contribution >= 0.6 is 0 Å². The minimum atomic E-state index is -0.596. The summed E-state index contributed by atoms with van der Waals surface area (Å²) in [5.74, 6) is 0.806. The first-order chi connectivity index (χ1) is 18.6. The van der Waals surface area contributed by atoms with Crippen LogP contribution < -0.4 is 25.0 Å². The van der Waals surface area contributed by atoms with Crippen molar-refractivity contribution < 1.29 is 23.8 Å². The number of fused-ring (bicyclic) bond motifs is 2. The van der Waals surface area contributed by atoms with Crippen LogP contribution in [0.25, 0.3) is 16.8 Å². The monoisotopic (exact) mass is 507 g/mol. The smallest absolute Gasteiger partial charge is 0.287 e. The van der Waals surface area contributed by atoms with E-state index < -0.39 is 11.8 Å². The van der Waals surface area contributed by atoms with Gasteiger partial charge in [-0.3, -0.25) is 9.59 Å². The molecule has 1 heterocycles. The van der Waals surface area contributed by atoms with Crippen molar-refractivity contribution in [2.45, 2.75) is 6.92 Å². The van der Waals surface area contributed by atoms with E-state index in [9.17, 15) is 9.59 Å². The van der Waals surface area contributed by atoms with E-state index in [2.05, 4.69) is 15.8 Å². The Morgan fingerprint density at radius 3 is 2.58 bits per heavy atom. The highest BCUT2D eigenvalue weighted by Gasteiger charge is 2.17. The molecule has 0 aromatic heterocycles. The van der Waals surface area contributed by atoms with E-state index in [1.165, 1.54) is 0 Å². The van der Waals surface area contributed by atoms with Crippen LogP contribution in [0.5, 0.6) is 17.2 Å². The molecule has 0 fully saturated rings. The van der Waals surface area contributed by atoms with Crippen LogP contribution in [-0.2, 0) is 4.79 Å². The Morgan fingerprint density at radius 2 is 1.74 bits per heavy atom. The van der Waals surface area contributed by atoms with Crippen LogP contribution in [0.1, 0.15) is 28.4 Å². The van der Waals surface area contributed by atoms with Gasteiger partial charge in [-0.05, 0) is 59.7 Å². The molecule has 190 valence electrons. The van der Waals surface area contributed by atoms with Crippen LogP contribution in [-0.4, -0.2) is 31.4 Å². The normalized spacial score (nSPS) is 12.5.